The second kappa shape index (κ2) is 9.25. The number of carbonyl (C=O) groups is 2. The Balaban J connectivity index is 2.05. The van der Waals surface area contributed by atoms with E-state index in [0.717, 1.165) is 12.8 Å². The summed E-state index contributed by atoms with van der Waals surface area (Å²) in [7, 11) is 1.47. The van der Waals surface area contributed by atoms with Crippen LogP contribution in [0, 0.1) is 0 Å². The van der Waals surface area contributed by atoms with Gasteiger partial charge in [-0.05, 0) is 31.4 Å². The Kier molecular flexibility index (Phi) is 7.04. The molecule has 2 amide bonds. The number of nitrogens with one attached hydrogen (secondary N) is 2. The standard InChI is InChI=1S/C20H23ClN2O3/c1-13(9-10-15-7-5-4-6-8-15)22-20(25)16-11-17(21)18(23-14(2)24)12-19(16)26-3/h4-8,11-13H,9-10H2,1-3H3,(H,22,25)(H,23,24)/t13-/m1/s1. The molecule has 0 bridgehead atoms. The van der Waals surface area contributed by atoms with Crippen molar-refractivity contribution in [3.05, 3.63) is 58.6 Å². The first-order chi connectivity index (χ1) is 12.4. The van der Waals surface area contributed by atoms with Crippen molar-refractivity contribution in [2.24, 2.45) is 0 Å². The number of methoxy groups -OCH3 is 1. The van der Waals surface area contributed by atoms with Gasteiger partial charge in [0.15, 0.2) is 0 Å². The molecule has 0 heterocycles. The molecular weight excluding hydrogens is 352 g/mol. The van der Waals surface area contributed by atoms with E-state index in [-0.39, 0.29) is 22.9 Å². The fourth-order valence-electron chi connectivity index (χ4n) is 2.59. The van der Waals surface area contributed by atoms with Gasteiger partial charge in [0.2, 0.25) is 5.91 Å². The largest absolute Gasteiger partial charge is 0.496 e. The van der Waals surface area contributed by atoms with Crippen LogP contribution in [0.15, 0.2) is 42.5 Å². The van der Waals surface area contributed by atoms with Gasteiger partial charge in [0.1, 0.15) is 5.75 Å². The van der Waals surface area contributed by atoms with Crippen molar-refractivity contribution in [1.82, 2.24) is 5.32 Å². The molecule has 0 aromatic heterocycles. The van der Waals surface area contributed by atoms with Gasteiger partial charge >= 0.3 is 0 Å². The van der Waals surface area contributed by atoms with Crippen LogP contribution in [0.5, 0.6) is 5.75 Å². The van der Waals surface area contributed by atoms with Crippen LogP contribution in [0.1, 0.15) is 36.2 Å². The zero-order valence-corrected chi connectivity index (χ0v) is 15.9. The Morgan fingerprint density at radius 1 is 1.19 bits per heavy atom. The maximum atomic E-state index is 12.6. The van der Waals surface area contributed by atoms with Crippen LogP contribution < -0.4 is 15.4 Å². The van der Waals surface area contributed by atoms with Crippen LogP contribution in [0.2, 0.25) is 5.02 Å². The molecular formula is C20H23ClN2O3. The Hall–Kier alpha value is -2.53. The molecule has 2 N–H and O–H groups in total. The molecule has 0 aliphatic carbocycles. The van der Waals surface area contributed by atoms with Crippen molar-refractivity contribution in [3.8, 4) is 5.75 Å². The molecule has 2 rings (SSSR count). The van der Waals surface area contributed by atoms with Crippen molar-refractivity contribution in [3.63, 3.8) is 0 Å². The number of hydrogen-bond donors (Lipinski definition) is 2. The summed E-state index contributed by atoms with van der Waals surface area (Å²) >= 11 is 6.17. The second-order valence-corrected chi connectivity index (χ2v) is 6.52. The Labute approximate surface area is 158 Å². The highest BCUT2D eigenvalue weighted by Gasteiger charge is 2.18. The van der Waals surface area contributed by atoms with Gasteiger partial charge in [0.25, 0.3) is 5.91 Å². The second-order valence-electron chi connectivity index (χ2n) is 6.11. The summed E-state index contributed by atoms with van der Waals surface area (Å²) in [5.41, 5.74) is 1.97. The van der Waals surface area contributed by atoms with Gasteiger partial charge in [0.05, 0.1) is 23.4 Å². The van der Waals surface area contributed by atoms with E-state index in [9.17, 15) is 9.59 Å². The summed E-state index contributed by atoms with van der Waals surface area (Å²) in [6.07, 6.45) is 1.69. The molecule has 0 radical (unpaired) electrons. The fourth-order valence-corrected chi connectivity index (χ4v) is 2.80. The van der Waals surface area contributed by atoms with Gasteiger partial charge in [-0.1, -0.05) is 41.9 Å². The van der Waals surface area contributed by atoms with Crippen LogP contribution in [0.25, 0.3) is 0 Å². The quantitative estimate of drug-likeness (QED) is 0.768. The maximum Gasteiger partial charge on any atom is 0.255 e. The number of hydrogen-bond acceptors (Lipinski definition) is 3. The molecule has 0 saturated heterocycles. The van der Waals surface area contributed by atoms with E-state index in [4.69, 9.17) is 16.3 Å². The number of amides is 2. The number of benzene rings is 2. The maximum absolute atomic E-state index is 12.6. The van der Waals surface area contributed by atoms with E-state index >= 15 is 0 Å². The lowest BCUT2D eigenvalue weighted by molar-refractivity contribution is -0.114. The first-order valence-electron chi connectivity index (χ1n) is 8.40. The minimum atomic E-state index is -0.265. The Bertz CT molecular complexity index is 778. The van der Waals surface area contributed by atoms with Crippen LogP contribution in [-0.2, 0) is 11.2 Å². The minimum absolute atomic E-state index is 0.0128. The Morgan fingerprint density at radius 3 is 2.50 bits per heavy atom. The molecule has 0 aliphatic rings. The summed E-state index contributed by atoms with van der Waals surface area (Å²) in [5.74, 6) is -0.162. The summed E-state index contributed by atoms with van der Waals surface area (Å²) in [5, 5.41) is 5.85. The average molecular weight is 375 g/mol. The van der Waals surface area contributed by atoms with Crippen molar-refractivity contribution >= 4 is 29.1 Å². The zero-order valence-electron chi connectivity index (χ0n) is 15.1. The SMILES string of the molecule is COc1cc(NC(C)=O)c(Cl)cc1C(=O)N[C@H](C)CCc1ccccc1. The normalized spacial score (nSPS) is 11.5. The Morgan fingerprint density at radius 2 is 1.88 bits per heavy atom. The van der Waals surface area contributed by atoms with E-state index in [1.54, 1.807) is 6.07 Å². The number of rotatable bonds is 7. The molecule has 2 aromatic rings. The number of anilines is 1. The molecule has 1 atom stereocenters. The molecule has 138 valence electrons. The molecule has 26 heavy (non-hydrogen) atoms. The third-order valence-corrected chi connectivity index (χ3v) is 4.24. The van der Waals surface area contributed by atoms with Crippen molar-refractivity contribution in [2.75, 3.05) is 12.4 Å². The minimum Gasteiger partial charge on any atom is -0.496 e. The third-order valence-electron chi connectivity index (χ3n) is 3.93. The predicted octanol–water partition coefficient (Wildman–Crippen LogP) is 4.06. The van der Waals surface area contributed by atoms with Gasteiger partial charge in [-0.2, -0.15) is 0 Å². The molecule has 6 heteroatoms. The molecule has 0 spiro atoms. The highest BCUT2D eigenvalue weighted by molar-refractivity contribution is 6.34. The first kappa shape index (κ1) is 19.8. The van der Waals surface area contributed by atoms with Crippen molar-refractivity contribution < 1.29 is 14.3 Å². The molecule has 0 unspecified atom stereocenters. The van der Waals surface area contributed by atoms with E-state index in [1.807, 2.05) is 25.1 Å². The lowest BCUT2D eigenvalue weighted by atomic mass is 10.1. The van der Waals surface area contributed by atoms with E-state index in [0.29, 0.717) is 17.0 Å². The molecule has 0 fully saturated rings. The van der Waals surface area contributed by atoms with Gasteiger partial charge in [0, 0.05) is 19.0 Å². The zero-order chi connectivity index (χ0) is 19.1. The highest BCUT2D eigenvalue weighted by atomic mass is 35.5. The van der Waals surface area contributed by atoms with Gasteiger partial charge in [-0.3, -0.25) is 9.59 Å². The van der Waals surface area contributed by atoms with Crippen LogP contribution in [0.4, 0.5) is 5.69 Å². The smallest absolute Gasteiger partial charge is 0.255 e. The molecule has 0 saturated carbocycles. The van der Waals surface area contributed by atoms with Crippen LogP contribution in [-0.4, -0.2) is 25.0 Å². The summed E-state index contributed by atoms with van der Waals surface area (Å²) in [4.78, 5) is 23.8. The molecule has 5 nitrogen and oxygen atoms in total. The monoisotopic (exact) mass is 374 g/mol. The number of halogens is 1. The van der Waals surface area contributed by atoms with Gasteiger partial charge < -0.3 is 15.4 Å². The lowest BCUT2D eigenvalue weighted by Gasteiger charge is -2.17. The summed E-state index contributed by atoms with van der Waals surface area (Å²) in [6.45, 7) is 3.35. The highest BCUT2D eigenvalue weighted by Crippen LogP contribution is 2.31. The van der Waals surface area contributed by atoms with Crippen LogP contribution >= 0.6 is 11.6 Å². The topological polar surface area (TPSA) is 67.4 Å². The number of ether oxygens (including phenoxy) is 1. The molecule has 2 aromatic carbocycles. The predicted molar refractivity (Wildman–Crippen MR) is 104 cm³/mol. The average Bonchev–Trinajstić information content (AvgIpc) is 2.61. The summed E-state index contributed by atoms with van der Waals surface area (Å²) < 4.78 is 5.28. The van der Waals surface area contributed by atoms with Crippen molar-refractivity contribution in [1.29, 1.82) is 0 Å². The van der Waals surface area contributed by atoms with Gasteiger partial charge in [-0.25, -0.2) is 0 Å². The first-order valence-corrected chi connectivity index (χ1v) is 8.78. The van der Waals surface area contributed by atoms with Crippen LogP contribution in [0.3, 0.4) is 0 Å². The van der Waals surface area contributed by atoms with Gasteiger partial charge in [-0.15, -0.1) is 0 Å². The fraction of sp³-hybridized carbons (Fsp3) is 0.300. The van der Waals surface area contributed by atoms with Crippen molar-refractivity contribution in [2.45, 2.75) is 32.7 Å². The number of aryl methyl sites for hydroxylation is 1. The van der Waals surface area contributed by atoms with E-state index in [2.05, 4.69) is 22.8 Å². The van der Waals surface area contributed by atoms with E-state index < -0.39 is 0 Å². The number of carbonyl (C=O) groups excluding carboxylic acids is 2. The third kappa shape index (κ3) is 5.49. The lowest BCUT2D eigenvalue weighted by Crippen LogP contribution is -2.33. The molecule has 0 aliphatic heterocycles. The summed E-state index contributed by atoms with van der Waals surface area (Å²) in [6, 6.07) is 13.2. The van der Waals surface area contributed by atoms with E-state index in [1.165, 1.54) is 25.7 Å².